The molecule has 1 aromatic carbocycles. The zero-order valence-corrected chi connectivity index (χ0v) is 14.4. The van der Waals surface area contributed by atoms with Gasteiger partial charge in [-0.15, -0.1) is 0 Å². The fourth-order valence-electron chi connectivity index (χ4n) is 3.45. The molecule has 4 heteroatoms. The molecule has 0 atom stereocenters. The van der Waals surface area contributed by atoms with E-state index in [0.717, 1.165) is 24.3 Å². The van der Waals surface area contributed by atoms with Gasteiger partial charge in [-0.05, 0) is 31.9 Å². The average Bonchev–Trinajstić information content (AvgIpc) is 3.08. The minimum Gasteiger partial charge on any atom is -0.444 e. The first-order chi connectivity index (χ1) is 11.8. The first-order valence-corrected chi connectivity index (χ1v) is 8.88. The fourth-order valence-corrected chi connectivity index (χ4v) is 3.45. The van der Waals surface area contributed by atoms with Gasteiger partial charge in [-0.3, -0.25) is 4.90 Å². The van der Waals surface area contributed by atoms with Gasteiger partial charge in [0.15, 0.2) is 0 Å². The van der Waals surface area contributed by atoms with Gasteiger partial charge in [-0.1, -0.05) is 37.0 Å². The second-order valence-corrected chi connectivity index (χ2v) is 6.68. The number of oxazole rings is 1. The zero-order valence-electron chi connectivity index (χ0n) is 14.4. The third-order valence-corrected chi connectivity index (χ3v) is 4.82. The molecule has 0 radical (unpaired) electrons. The third kappa shape index (κ3) is 4.24. The van der Waals surface area contributed by atoms with E-state index in [9.17, 15) is 0 Å². The van der Waals surface area contributed by atoms with Crippen molar-refractivity contribution < 1.29 is 4.42 Å². The average molecular weight is 323 g/mol. The molecular formula is C20H25N3O. The van der Waals surface area contributed by atoms with Crippen LogP contribution in [0.1, 0.15) is 49.8 Å². The predicted molar refractivity (Wildman–Crippen MR) is 94.2 cm³/mol. The van der Waals surface area contributed by atoms with Crippen molar-refractivity contribution in [3.63, 3.8) is 0 Å². The zero-order chi connectivity index (χ0) is 16.8. The quantitative estimate of drug-likeness (QED) is 0.773. The highest BCUT2D eigenvalue weighted by molar-refractivity contribution is 5.53. The molecule has 1 aliphatic carbocycles. The van der Waals surface area contributed by atoms with E-state index in [0.29, 0.717) is 18.4 Å². The van der Waals surface area contributed by atoms with Crippen molar-refractivity contribution in [2.75, 3.05) is 6.54 Å². The van der Waals surface area contributed by atoms with Crippen molar-refractivity contribution in [2.24, 2.45) is 0 Å². The number of rotatable bonds is 6. The van der Waals surface area contributed by atoms with Crippen LogP contribution in [0, 0.1) is 18.3 Å². The van der Waals surface area contributed by atoms with E-state index >= 15 is 0 Å². The molecule has 1 fully saturated rings. The Labute approximate surface area is 144 Å². The molecule has 1 saturated carbocycles. The Morgan fingerprint density at radius 3 is 2.67 bits per heavy atom. The van der Waals surface area contributed by atoms with Crippen LogP contribution in [0.5, 0.6) is 0 Å². The lowest BCUT2D eigenvalue weighted by Gasteiger charge is -2.33. The van der Waals surface area contributed by atoms with Gasteiger partial charge in [-0.25, -0.2) is 4.98 Å². The molecule has 0 spiro atoms. The van der Waals surface area contributed by atoms with Crippen LogP contribution in [0.3, 0.4) is 0 Å². The molecule has 0 amide bonds. The van der Waals surface area contributed by atoms with Crippen LogP contribution in [0.2, 0.25) is 0 Å². The highest BCUT2D eigenvalue weighted by Gasteiger charge is 2.22. The van der Waals surface area contributed by atoms with E-state index in [4.69, 9.17) is 9.68 Å². The molecule has 126 valence electrons. The lowest BCUT2D eigenvalue weighted by atomic mass is 9.94. The third-order valence-electron chi connectivity index (χ3n) is 4.82. The Bertz CT molecular complexity index is 678. The molecule has 3 rings (SSSR count). The Morgan fingerprint density at radius 2 is 1.96 bits per heavy atom. The van der Waals surface area contributed by atoms with E-state index < -0.39 is 0 Å². The summed E-state index contributed by atoms with van der Waals surface area (Å²) in [4.78, 5) is 7.08. The van der Waals surface area contributed by atoms with Crippen LogP contribution in [0.4, 0.5) is 0 Å². The van der Waals surface area contributed by atoms with Crippen LogP contribution in [0.15, 0.2) is 34.9 Å². The van der Waals surface area contributed by atoms with Gasteiger partial charge in [0.1, 0.15) is 6.26 Å². The van der Waals surface area contributed by atoms with E-state index in [-0.39, 0.29) is 0 Å². The molecular weight excluding hydrogens is 298 g/mol. The van der Waals surface area contributed by atoms with Gasteiger partial charge in [0.25, 0.3) is 0 Å². The number of benzene rings is 1. The highest BCUT2D eigenvalue weighted by Crippen LogP contribution is 2.25. The summed E-state index contributed by atoms with van der Waals surface area (Å²) in [7, 11) is 0. The summed E-state index contributed by atoms with van der Waals surface area (Å²) in [5.74, 6) is 0.675. The summed E-state index contributed by atoms with van der Waals surface area (Å²) >= 11 is 0. The van der Waals surface area contributed by atoms with Crippen LogP contribution in [0.25, 0.3) is 11.5 Å². The SMILES string of the molecule is Cc1ccc(-c2nc(CN(CCC#N)C3CCCCC3)co2)cc1. The minimum absolute atomic E-state index is 0.569. The lowest BCUT2D eigenvalue weighted by Crippen LogP contribution is -2.37. The van der Waals surface area contributed by atoms with Gasteiger partial charge in [0.2, 0.25) is 5.89 Å². The van der Waals surface area contributed by atoms with Crippen molar-refractivity contribution in [3.05, 3.63) is 41.8 Å². The smallest absolute Gasteiger partial charge is 0.226 e. The second kappa shape index (κ2) is 8.12. The van der Waals surface area contributed by atoms with Gasteiger partial charge in [0, 0.05) is 31.1 Å². The maximum absolute atomic E-state index is 8.94. The molecule has 4 nitrogen and oxygen atoms in total. The fraction of sp³-hybridized carbons (Fsp3) is 0.500. The summed E-state index contributed by atoms with van der Waals surface area (Å²) < 4.78 is 5.68. The minimum atomic E-state index is 0.569. The van der Waals surface area contributed by atoms with Crippen molar-refractivity contribution in [1.29, 1.82) is 5.26 Å². The Kier molecular flexibility index (Phi) is 5.66. The van der Waals surface area contributed by atoms with Gasteiger partial charge in [-0.2, -0.15) is 5.26 Å². The van der Waals surface area contributed by atoms with Gasteiger partial charge >= 0.3 is 0 Å². The molecule has 0 N–H and O–H groups in total. The molecule has 0 bridgehead atoms. The van der Waals surface area contributed by atoms with Crippen molar-refractivity contribution >= 4 is 0 Å². The molecule has 1 aliphatic rings. The maximum atomic E-state index is 8.94. The topological polar surface area (TPSA) is 53.1 Å². The highest BCUT2D eigenvalue weighted by atomic mass is 16.3. The number of hydrogen-bond acceptors (Lipinski definition) is 4. The number of aryl methyl sites for hydroxylation is 1. The molecule has 1 aromatic heterocycles. The molecule has 1 heterocycles. The molecule has 24 heavy (non-hydrogen) atoms. The van der Waals surface area contributed by atoms with Gasteiger partial charge in [0.05, 0.1) is 11.8 Å². The molecule has 0 saturated heterocycles. The Hall–Kier alpha value is -2.12. The lowest BCUT2D eigenvalue weighted by molar-refractivity contribution is 0.149. The van der Waals surface area contributed by atoms with Crippen LogP contribution < -0.4 is 0 Å². The normalized spacial score (nSPS) is 15.5. The second-order valence-electron chi connectivity index (χ2n) is 6.68. The summed E-state index contributed by atoms with van der Waals surface area (Å²) in [5.41, 5.74) is 3.19. The number of nitriles is 1. The first kappa shape index (κ1) is 16.7. The summed E-state index contributed by atoms with van der Waals surface area (Å²) in [5, 5.41) is 8.94. The van der Waals surface area contributed by atoms with Crippen molar-refractivity contribution in [2.45, 2.75) is 58.0 Å². The Balaban J connectivity index is 1.70. The number of aromatic nitrogens is 1. The van der Waals surface area contributed by atoms with E-state index in [1.165, 1.54) is 37.7 Å². The van der Waals surface area contributed by atoms with Gasteiger partial charge < -0.3 is 4.42 Å². The maximum Gasteiger partial charge on any atom is 0.226 e. The van der Waals surface area contributed by atoms with Crippen LogP contribution in [-0.4, -0.2) is 22.5 Å². The first-order valence-electron chi connectivity index (χ1n) is 8.88. The molecule has 0 unspecified atom stereocenters. The number of nitrogens with zero attached hydrogens (tertiary/aromatic N) is 3. The molecule has 0 aliphatic heterocycles. The van der Waals surface area contributed by atoms with E-state index in [2.05, 4.69) is 35.0 Å². The largest absolute Gasteiger partial charge is 0.444 e. The van der Waals surface area contributed by atoms with E-state index in [1.807, 2.05) is 12.1 Å². The Morgan fingerprint density at radius 1 is 1.21 bits per heavy atom. The molecule has 2 aromatic rings. The van der Waals surface area contributed by atoms with Crippen molar-refractivity contribution in [3.8, 4) is 17.5 Å². The standard InChI is InChI=1S/C20H25N3O/c1-16-8-10-17(11-9-16)20-22-18(15-24-20)14-23(13-5-12-21)19-6-3-2-4-7-19/h8-11,15,19H,2-7,13-14H2,1H3. The summed E-state index contributed by atoms with van der Waals surface area (Å²) in [6.07, 6.45) is 8.71. The monoisotopic (exact) mass is 323 g/mol. The van der Waals surface area contributed by atoms with Crippen LogP contribution in [-0.2, 0) is 6.54 Å². The summed E-state index contributed by atoms with van der Waals surface area (Å²) in [6, 6.07) is 11.1. The predicted octanol–water partition coefficient (Wildman–Crippen LogP) is 4.70. The summed E-state index contributed by atoms with van der Waals surface area (Å²) in [6.45, 7) is 3.65. The van der Waals surface area contributed by atoms with Crippen LogP contribution >= 0.6 is 0 Å². The van der Waals surface area contributed by atoms with Crippen molar-refractivity contribution in [1.82, 2.24) is 9.88 Å². The van der Waals surface area contributed by atoms with E-state index in [1.54, 1.807) is 6.26 Å². The number of hydrogen-bond donors (Lipinski definition) is 0.